The summed E-state index contributed by atoms with van der Waals surface area (Å²) in [6.07, 6.45) is 1.18. The van der Waals surface area contributed by atoms with Crippen molar-refractivity contribution < 1.29 is 19.1 Å². The number of hydrogen-bond donors (Lipinski definition) is 1. The minimum atomic E-state index is -0.617. The number of hydrogen-bond acceptors (Lipinski definition) is 5. The van der Waals surface area contributed by atoms with Crippen molar-refractivity contribution in [3.05, 3.63) is 29.3 Å². The van der Waals surface area contributed by atoms with Gasteiger partial charge in [0.15, 0.2) is 6.61 Å². The van der Waals surface area contributed by atoms with Gasteiger partial charge in [-0.1, -0.05) is 17.7 Å². The lowest BCUT2D eigenvalue weighted by atomic mass is 10.2. The van der Waals surface area contributed by atoms with Crippen LogP contribution in [0, 0.1) is 0 Å². The fourth-order valence-electron chi connectivity index (χ4n) is 2.99. The molecule has 24 heavy (non-hydrogen) atoms. The smallest absolute Gasteiger partial charge is 0.330 e. The summed E-state index contributed by atoms with van der Waals surface area (Å²) >= 11 is 7.43. The molecule has 2 amide bonds. The number of ether oxygens (including phenoxy) is 1. The van der Waals surface area contributed by atoms with Crippen LogP contribution in [0.5, 0.6) is 0 Å². The van der Waals surface area contributed by atoms with Crippen LogP contribution < -0.4 is 5.32 Å². The fourth-order valence-corrected chi connectivity index (χ4v) is 4.60. The molecule has 128 valence electrons. The second-order valence-electron chi connectivity index (χ2n) is 5.93. The van der Waals surface area contributed by atoms with Gasteiger partial charge in [-0.2, -0.15) is 0 Å². The van der Waals surface area contributed by atoms with Crippen molar-refractivity contribution in [2.75, 3.05) is 17.7 Å². The van der Waals surface area contributed by atoms with Crippen LogP contribution in [0.1, 0.15) is 19.8 Å². The molecule has 2 heterocycles. The van der Waals surface area contributed by atoms with Crippen molar-refractivity contribution in [1.82, 2.24) is 4.90 Å². The largest absolute Gasteiger partial charge is 0.454 e. The van der Waals surface area contributed by atoms with E-state index in [1.807, 2.05) is 6.92 Å². The molecule has 2 fully saturated rings. The van der Waals surface area contributed by atoms with Gasteiger partial charge in [-0.3, -0.25) is 9.59 Å². The number of anilines is 1. The van der Waals surface area contributed by atoms with Gasteiger partial charge in [0, 0.05) is 22.9 Å². The third-order valence-electron chi connectivity index (χ3n) is 4.17. The Bertz CT molecular complexity index is 698. The average molecular weight is 369 g/mol. The van der Waals surface area contributed by atoms with Gasteiger partial charge in [0.2, 0.25) is 5.91 Å². The second kappa shape index (κ2) is 6.64. The van der Waals surface area contributed by atoms with Crippen molar-refractivity contribution in [2.45, 2.75) is 30.7 Å². The molecular weight excluding hydrogens is 352 g/mol. The van der Waals surface area contributed by atoms with Crippen LogP contribution in [0.15, 0.2) is 24.3 Å². The van der Waals surface area contributed by atoms with E-state index < -0.39 is 24.5 Å². The number of nitrogens with one attached hydrogen (secondary N) is 1. The molecule has 2 aliphatic rings. The maximum atomic E-state index is 12.3. The zero-order chi connectivity index (χ0) is 17.3. The summed E-state index contributed by atoms with van der Waals surface area (Å²) in [6.45, 7) is 1.56. The third-order valence-corrected chi connectivity index (χ3v) is 5.91. The molecular formula is C16H17ClN2O4S. The Hall–Kier alpha value is -1.73. The molecule has 0 radical (unpaired) electrons. The van der Waals surface area contributed by atoms with E-state index >= 15 is 0 Å². The van der Waals surface area contributed by atoms with E-state index in [1.54, 1.807) is 40.9 Å². The minimum absolute atomic E-state index is 0.0344. The molecule has 0 aromatic heterocycles. The number of carbonyl (C=O) groups is 3. The summed E-state index contributed by atoms with van der Waals surface area (Å²) in [5, 5.41) is 3.10. The highest BCUT2D eigenvalue weighted by Crippen LogP contribution is 2.47. The Morgan fingerprint density at radius 3 is 3.04 bits per heavy atom. The maximum absolute atomic E-state index is 12.3. The molecule has 2 aliphatic heterocycles. The molecule has 2 saturated heterocycles. The van der Waals surface area contributed by atoms with Crippen molar-refractivity contribution in [2.24, 2.45) is 0 Å². The number of halogens is 1. The fraction of sp³-hybridized carbons (Fsp3) is 0.438. The molecule has 6 nitrogen and oxygen atoms in total. The van der Waals surface area contributed by atoms with E-state index in [0.29, 0.717) is 22.9 Å². The Kier molecular flexibility index (Phi) is 4.73. The van der Waals surface area contributed by atoms with Gasteiger partial charge < -0.3 is 15.0 Å². The van der Waals surface area contributed by atoms with Gasteiger partial charge in [0.25, 0.3) is 5.91 Å². The molecule has 1 aromatic rings. The monoisotopic (exact) mass is 368 g/mol. The molecule has 0 aliphatic carbocycles. The Morgan fingerprint density at radius 2 is 2.29 bits per heavy atom. The summed E-state index contributed by atoms with van der Waals surface area (Å²) in [4.78, 5) is 37.4. The number of rotatable bonds is 4. The predicted octanol–water partition coefficient (Wildman–Crippen LogP) is 2.28. The Morgan fingerprint density at radius 1 is 1.50 bits per heavy atom. The second-order valence-corrected chi connectivity index (χ2v) is 7.87. The summed E-state index contributed by atoms with van der Waals surface area (Å²) in [7, 11) is 0. The minimum Gasteiger partial charge on any atom is -0.454 e. The topological polar surface area (TPSA) is 75.7 Å². The maximum Gasteiger partial charge on any atom is 0.330 e. The predicted molar refractivity (Wildman–Crippen MR) is 91.8 cm³/mol. The van der Waals surface area contributed by atoms with Crippen molar-refractivity contribution in [3.8, 4) is 0 Å². The Balaban J connectivity index is 1.54. The number of nitrogens with zero attached hydrogens (tertiary/aromatic N) is 1. The highest BCUT2D eigenvalue weighted by Gasteiger charge is 2.53. The zero-order valence-electron chi connectivity index (χ0n) is 13.1. The van der Waals surface area contributed by atoms with Crippen molar-refractivity contribution in [3.63, 3.8) is 0 Å². The summed E-state index contributed by atoms with van der Waals surface area (Å²) in [5.41, 5.74) is 0.530. The molecule has 0 unspecified atom stereocenters. The van der Waals surface area contributed by atoms with E-state index in [0.717, 1.165) is 6.42 Å². The van der Waals surface area contributed by atoms with Gasteiger partial charge in [-0.15, -0.1) is 11.8 Å². The van der Waals surface area contributed by atoms with Crippen LogP contribution in [0.25, 0.3) is 0 Å². The molecule has 0 bridgehead atoms. The first-order valence-electron chi connectivity index (χ1n) is 7.57. The van der Waals surface area contributed by atoms with Gasteiger partial charge in [-0.25, -0.2) is 4.79 Å². The van der Waals surface area contributed by atoms with Crippen LogP contribution in [0.3, 0.4) is 0 Å². The normalized spacial score (nSPS) is 25.5. The zero-order valence-corrected chi connectivity index (χ0v) is 14.7. The van der Waals surface area contributed by atoms with E-state index in [2.05, 4.69) is 5.32 Å². The van der Waals surface area contributed by atoms with E-state index in [9.17, 15) is 14.4 Å². The van der Waals surface area contributed by atoms with Crippen LogP contribution in [-0.2, 0) is 19.1 Å². The van der Waals surface area contributed by atoms with Crippen LogP contribution in [0.4, 0.5) is 5.69 Å². The van der Waals surface area contributed by atoms with Crippen LogP contribution in [0.2, 0.25) is 5.02 Å². The molecule has 8 heteroatoms. The lowest BCUT2D eigenvalue weighted by Gasteiger charge is -2.29. The van der Waals surface area contributed by atoms with E-state index in [-0.39, 0.29) is 10.8 Å². The van der Waals surface area contributed by atoms with Gasteiger partial charge >= 0.3 is 5.97 Å². The molecule has 0 spiro atoms. The average Bonchev–Trinajstić information content (AvgIpc) is 3.02. The van der Waals surface area contributed by atoms with E-state index in [1.165, 1.54) is 0 Å². The lowest BCUT2D eigenvalue weighted by Crippen LogP contribution is -2.47. The first-order chi connectivity index (χ1) is 11.4. The first-order valence-corrected chi connectivity index (χ1v) is 8.93. The van der Waals surface area contributed by atoms with Gasteiger partial charge in [-0.05, 0) is 31.5 Å². The summed E-state index contributed by atoms with van der Waals surface area (Å²) in [5.74, 6) is -0.529. The lowest BCUT2D eigenvalue weighted by molar-refractivity contribution is -0.155. The van der Waals surface area contributed by atoms with Gasteiger partial charge in [0.05, 0.1) is 4.87 Å². The molecule has 1 N–H and O–H groups in total. The molecule has 1 aromatic carbocycles. The first kappa shape index (κ1) is 17.1. The van der Waals surface area contributed by atoms with Crippen molar-refractivity contribution in [1.29, 1.82) is 0 Å². The van der Waals surface area contributed by atoms with Gasteiger partial charge in [0.1, 0.15) is 6.04 Å². The summed E-state index contributed by atoms with van der Waals surface area (Å²) < 4.78 is 5.10. The standard InChI is InChI=1S/C16H17ClN2O4S/c1-16-6-5-14(21)19(16)12(9-24-16)15(22)23-8-13(20)18-11-4-2-3-10(17)7-11/h2-4,7,12H,5-6,8-9H2,1H3,(H,18,20)/t12-,16-/m0/s1. The number of amides is 2. The molecule has 3 rings (SSSR count). The number of fused-ring (bicyclic) bond motifs is 1. The van der Waals surface area contributed by atoms with Crippen molar-refractivity contribution >= 4 is 46.8 Å². The number of carbonyl (C=O) groups excluding carboxylic acids is 3. The molecule has 0 saturated carbocycles. The summed E-state index contributed by atoms with van der Waals surface area (Å²) in [6, 6.07) is 6.07. The quantitative estimate of drug-likeness (QED) is 0.825. The number of thioether (sulfide) groups is 1. The third kappa shape index (κ3) is 3.37. The van der Waals surface area contributed by atoms with Crippen LogP contribution in [-0.4, -0.2) is 46.0 Å². The van der Waals surface area contributed by atoms with Crippen LogP contribution >= 0.6 is 23.4 Å². The molecule has 2 atom stereocenters. The SMILES string of the molecule is C[C@]12CCC(=O)N1[C@H](C(=O)OCC(=O)Nc1cccc(Cl)c1)CS2. The van der Waals surface area contributed by atoms with E-state index in [4.69, 9.17) is 16.3 Å². The number of esters is 1. The highest BCUT2D eigenvalue weighted by molar-refractivity contribution is 8.01. The Labute approximate surface area is 148 Å². The highest BCUT2D eigenvalue weighted by atomic mass is 35.5. The number of benzene rings is 1.